The number of halogens is 1. The lowest BCUT2D eigenvalue weighted by Gasteiger charge is -2.12. The summed E-state index contributed by atoms with van der Waals surface area (Å²) in [4.78, 5) is 0. The number of rotatable bonds is 4. The first-order chi connectivity index (χ1) is 9.13. The van der Waals surface area contributed by atoms with Gasteiger partial charge in [0.15, 0.2) is 5.82 Å². The van der Waals surface area contributed by atoms with Crippen molar-refractivity contribution >= 4 is 17.4 Å². The van der Waals surface area contributed by atoms with Crippen LogP contribution in [0.4, 0.5) is 5.82 Å². The highest BCUT2D eigenvalue weighted by atomic mass is 35.5. The number of hydrogen-bond acceptors (Lipinski definition) is 3. The fourth-order valence-electron chi connectivity index (χ4n) is 1.93. The Balaban J connectivity index is 2.41. The van der Waals surface area contributed by atoms with Gasteiger partial charge in [-0.05, 0) is 43.5 Å². The van der Waals surface area contributed by atoms with E-state index in [1.807, 2.05) is 24.3 Å². The van der Waals surface area contributed by atoms with E-state index in [1.54, 1.807) is 0 Å². The molecule has 0 amide bonds. The van der Waals surface area contributed by atoms with E-state index in [4.69, 9.17) is 11.6 Å². The van der Waals surface area contributed by atoms with E-state index in [0.717, 1.165) is 41.2 Å². The average molecular weight is 276 g/mol. The molecule has 0 saturated carbocycles. The van der Waals surface area contributed by atoms with Crippen LogP contribution in [-0.4, -0.2) is 16.7 Å². The van der Waals surface area contributed by atoms with Crippen molar-refractivity contribution < 1.29 is 0 Å². The molecule has 0 fully saturated rings. The van der Waals surface area contributed by atoms with Gasteiger partial charge in [0.2, 0.25) is 0 Å². The van der Waals surface area contributed by atoms with Crippen LogP contribution >= 0.6 is 11.6 Å². The van der Waals surface area contributed by atoms with Crippen LogP contribution in [0, 0.1) is 13.8 Å². The highest BCUT2D eigenvalue weighted by Gasteiger charge is 2.11. The molecule has 1 aromatic carbocycles. The summed E-state index contributed by atoms with van der Waals surface area (Å²) in [6.07, 6.45) is 1.07. The lowest BCUT2D eigenvalue weighted by Crippen LogP contribution is -2.07. The number of benzene rings is 1. The van der Waals surface area contributed by atoms with Gasteiger partial charge in [0.25, 0.3) is 0 Å². The summed E-state index contributed by atoms with van der Waals surface area (Å²) < 4.78 is 0. The number of hydrogen-bond donors (Lipinski definition) is 1. The Hall–Kier alpha value is -1.61. The van der Waals surface area contributed by atoms with E-state index in [2.05, 4.69) is 36.3 Å². The first-order valence-corrected chi connectivity index (χ1v) is 6.85. The van der Waals surface area contributed by atoms with Crippen LogP contribution in [-0.2, 0) is 0 Å². The Labute approximate surface area is 119 Å². The van der Waals surface area contributed by atoms with E-state index >= 15 is 0 Å². The van der Waals surface area contributed by atoms with Gasteiger partial charge in [-0.3, -0.25) is 0 Å². The van der Waals surface area contributed by atoms with Crippen LogP contribution in [0.2, 0.25) is 5.02 Å². The summed E-state index contributed by atoms with van der Waals surface area (Å²) in [7, 11) is 0. The maximum atomic E-state index is 6.03. The molecule has 0 spiro atoms. The van der Waals surface area contributed by atoms with Crippen molar-refractivity contribution in [2.75, 3.05) is 11.9 Å². The predicted molar refractivity (Wildman–Crippen MR) is 80.7 cm³/mol. The largest absolute Gasteiger partial charge is 0.368 e. The number of nitrogens with one attached hydrogen (secondary N) is 1. The topological polar surface area (TPSA) is 37.8 Å². The Kier molecular flexibility index (Phi) is 4.38. The Morgan fingerprint density at radius 1 is 1.16 bits per heavy atom. The molecular formula is C15H18ClN3. The summed E-state index contributed by atoms with van der Waals surface area (Å²) in [6, 6.07) is 7.70. The summed E-state index contributed by atoms with van der Waals surface area (Å²) >= 11 is 6.03. The van der Waals surface area contributed by atoms with Gasteiger partial charge in [-0.1, -0.05) is 30.7 Å². The maximum absolute atomic E-state index is 6.03. The summed E-state index contributed by atoms with van der Waals surface area (Å²) in [5.74, 6) is 0.866. The molecule has 0 aliphatic heterocycles. The van der Waals surface area contributed by atoms with Crippen LogP contribution in [0.5, 0.6) is 0 Å². The highest BCUT2D eigenvalue weighted by molar-refractivity contribution is 6.30. The molecule has 2 rings (SSSR count). The highest BCUT2D eigenvalue weighted by Crippen LogP contribution is 2.27. The second-order valence-electron chi connectivity index (χ2n) is 4.58. The van der Waals surface area contributed by atoms with E-state index in [1.165, 1.54) is 0 Å². The molecule has 0 aliphatic carbocycles. The maximum Gasteiger partial charge on any atom is 0.151 e. The van der Waals surface area contributed by atoms with E-state index < -0.39 is 0 Å². The van der Waals surface area contributed by atoms with Crippen molar-refractivity contribution in [2.24, 2.45) is 0 Å². The molecule has 100 valence electrons. The first-order valence-electron chi connectivity index (χ1n) is 6.47. The molecule has 1 aromatic heterocycles. The van der Waals surface area contributed by atoms with Crippen molar-refractivity contribution in [3.8, 4) is 11.3 Å². The molecule has 2 aromatic rings. The minimum atomic E-state index is 0.713. The molecule has 0 bridgehead atoms. The zero-order valence-corrected chi connectivity index (χ0v) is 12.3. The van der Waals surface area contributed by atoms with E-state index in [-0.39, 0.29) is 0 Å². The number of anilines is 1. The molecule has 1 N–H and O–H groups in total. The van der Waals surface area contributed by atoms with Gasteiger partial charge in [-0.15, -0.1) is 10.2 Å². The van der Waals surface area contributed by atoms with E-state index in [9.17, 15) is 0 Å². The van der Waals surface area contributed by atoms with Crippen molar-refractivity contribution in [1.82, 2.24) is 10.2 Å². The van der Waals surface area contributed by atoms with Gasteiger partial charge >= 0.3 is 0 Å². The molecule has 0 atom stereocenters. The van der Waals surface area contributed by atoms with Gasteiger partial charge in [0.1, 0.15) is 0 Å². The molecule has 3 nitrogen and oxygen atoms in total. The Bertz CT molecular complexity index is 582. The minimum absolute atomic E-state index is 0.713. The molecule has 0 saturated heterocycles. The first kappa shape index (κ1) is 13.8. The van der Waals surface area contributed by atoms with Crippen LogP contribution < -0.4 is 5.32 Å². The van der Waals surface area contributed by atoms with E-state index in [0.29, 0.717) is 5.02 Å². The third kappa shape index (κ3) is 3.04. The summed E-state index contributed by atoms with van der Waals surface area (Å²) in [6.45, 7) is 7.17. The Morgan fingerprint density at radius 3 is 2.63 bits per heavy atom. The molecule has 0 radical (unpaired) electrons. The monoisotopic (exact) mass is 275 g/mol. The van der Waals surface area contributed by atoms with Crippen molar-refractivity contribution in [3.05, 3.63) is 40.4 Å². The van der Waals surface area contributed by atoms with Crippen LogP contribution in [0.1, 0.15) is 24.5 Å². The quantitative estimate of drug-likeness (QED) is 0.907. The van der Waals surface area contributed by atoms with Crippen molar-refractivity contribution in [3.63, 3.8) is 0 Å². The molecule has 0 unspecified atom stereocenters. The second kappa shape index (κ2) is 6.02. The SMILES string of the molecule is CCCNc1nnc(-c2cccc(Cl)c2)c(C)c1C. The lowest BCUT2D eigenvalue weighted by molar-refractivity contribution is 0.933. The normalized spacial score (nSPS) is 10.5. The van der Waals surface area contributed by atoms with Gasteiger partial charge in [0.05, 0.1) is 5.69 Å². The average Bonchev–Trinajstić information content (AvgIpc) is 2.40. The summed E-state index contributed by atoms with van der Waals surface area (Å²) in [5.41, 5.74) is 4.17. The summed E-state index contributed by atoms with van der Waals surface area (Å²) in [5, 5.41) is 12.6. The third-order valence-electron chi connectivity index (χ3n) is 3.16. The number of aromatic nitrogens is 2. The molecule has 19 heavy (non-hydrogen) atoms. The van der Waals surface area contributed by atoms with Gasteiger partial charge in [-0.25, -0.2) is 0 Å². The fraction of sp³-hybridized carbons (Fsp3) is 0.333. The van der Waals surface area contributed by atoms with Gasteiger partial charge < -0.3 is 5.32 Å². The Morgan fingerprint density at radius 2 is 1.95 bits per heavy atom. The van der Waals surface area contributed by atoms with Crippen molar-refractivity contribution in [2.45, 2.75) is 27.2 Å². The van der Waals surface area contributed by atoms with Gasteiger partial charge in [0, 0.05) is 17.1 Å². The van der Waals surface area contributed by atoms with Crippen LogP contribution in [0.15, 0.2) is 24.3 Å². The third-order valence-corrected chi connectivity index (χ3v) is 3.40. The van der Waals surface area contributed by atoms with Gasteiger partial charge in [-0.2, -0.15) is 0 Å². The minimum Gasteiger partial charge on any atom is -0.368 e. The smallest absolute Gasteiger partial charge is 0.151 e. The van der Waals surface area contributed by atoms with Crippen LogP contribution in [0.3, 0.4) is 0 Å². The number of nitrogens with zero attached hydrogens (tertiary/aromatic N) is 2. The van der Waals surface area contributed by atoms with Crippen molar-refractivity contribution in [1.29, 1.82) is 0 Å². The molecule has 0 aliphatic rings. The second-order valence-corrected chi connectivity index (χ2v) is 5.02. The molecular weight excluding hydrogens is 258 g/mol. The fourth-order valence-corrected chi connectivity index (χ4v) is 2.12. The molecule has 4 heteroatoms. The standard InChI is InChI=1S/C15H18ClN3/c1-4-8-17-15-11(3)10(2)14(18-19-15)12-6-5-7-13(16)9-12/h5-7,9H,4,8H2,1-3H3,(H,17,19). The zero-order valence-electron chi connectivity index (χ0n) is 11.5. The molecule has 1 heterocycles. The predicted octanol–water partition coefficient (Wildman–Crippen LogP) is 4.24. The zero-order chi connectivity index (χ0) is 13.8. The van der Waals surface area contributed by atoms with Crippen LogP contribution in [0.25, 0.3) is 11.3 Å². The lowest BCUT2D eigenvalue weighted by atomic mass is 10.0.